The Kier molecular flexibility index (Phi) is 5.26. The van der Waals surface area contributed by atoms with E-state index in [0.717, 1.165) is 13.2 Å². The lowest BCUT2D eigenvalue weighted by molar-refractivity contribution is -0.231. The lowest BCUT2D eigenvalue weighted by Gasteiger charge is -2.32. The molecule has 1 atom stereocenters. The fourth-order valence-corrected chi connectivity index (χ4v) is 5.08. The number of carbonyl (C=O) groups is 1. The highest BCUT2D eigenvalue weighted by Crippen LogP contribution is 2.34. The topological polar surface area (TPSA) is 72.9 Å². The van der Waals surface area contributed by atoms with Crippen molar-refractivity contribution in [2.75, 3.05) is 26.8 Å². The van der Waals surface area contributed by atoms with Crippen LogP contribution in [0.1, 0.15) is 9.67 Å². The highest BCUT2D eigenvalue weighted by molar-refractivity contribution is 7.89. The molecule has 1 saturated heterocycles. The summed E-state index contributed by atoms with van der Waals surface area (Å²) in [5.74, 6) is -0.930. The molecule has 1 aliphatic rings. The summed E-state index contributed by atoms with van der Waals surface area (Å²) in [6, 6.07) is 1.02. The smallest absolute Gasteiger partial charge is 0.415 e. The molecule has 0 saturated carbocycles. The molecule has 23 heavy (non-hydrogen) atoms. The van der Waals surface area contributed by atoms with Crippen LogP contribution in [0.25, 0.3) is 0 Å². The monoisotopic (exact) mass is 393 g/mol. The molecule has 130 valence electrons. The molecule has 0 N–H and O–H groups in total. The van der Waals surface area contributed by atoms with E-state index in [0.29, 0.717) is 15.6 Å². The molecule has 1 aromatic heterocycles. The molecular weight excluding hydrogens is 383 g/mol. The van der Waals surface area contributed by atoms with Crippen molar-refractivity contribution in [2.24, 2.45) is 0 Å². The van der Waals surface area contributed by atoms with Gasteiger partial charge < -0.3 is 9.47 Å². The van der Waals surface area contributed by atoms with Gasteiger partial charge in [-0.3, -0.25) is 0 Å². The van der Waals surface area contributed by atoms with Crippen LogP contribution in [-0.4, -0.2) is 57.8 Å². The maximum Gasteiger partial charge on any atom is 0.415 e. The van der Waals surface area contributed by atoms with Crippen LogP contribution < -0.4 is 0 Å². The van der Waals surface area contributed by atoms with Crippen molar-refractivity contribution in [1.29, 1.82) is 0 Å². The SMILES string of the molecule is COC(=O)c1sc(Cl)cc1S(=O)(=O)N1CCO[C@@H](C(F)(F)F)C1. The molecule has 2 heterocycles. The molecule has 6 nitrogen and oxygen atoms in total. The molecule has 0 spiro atoms. The molecule has 1 aliphatic heterocycles. The number of methoxy groups -OCH3 is 1. The van der Waals surface area contributed by atoms with Gasteiger partial charge in [0.25, 0.3) is 0 Å². The lowest BCUT2D eigenvalue weighted by atomic mass is 10.3. The van der Waals surface area contributed by atoms with Gasteiger partial charge in [-0.15, -0.1) is 11.3 Å². The average Bonchev–Trinajstić information content (AvgIpc) is 2.88. The number of hydrogen-bond acceptors (Lipinski definition) is 6. The summed E-state index contributed by atoms with van der Waals surface area (Å²) < 4.78 is 73.0. The molecule has 1 fully saturated rings. The Balaban J connectivity index is 2.37. The summed E-state index contributed by atoms with van der Waals surface area (Å²) in [6.45, 7) is -1.56. The first-order valence-corrected chi connectivity index (χ1v) is 8.77. The lowest BCUT2D eigenvalue weighted by Crippen LogP contribution is -2.51. The number of nitrogens with zero attached hydrogens (tertiary/aromatic N) is 1. The molecule has 0 amide bonds. The summed E-state index contributed by atoms with van der Waals surface area (Å²) in [5, 5.41) is 0. The van der Waals surface area contributed by atoms with Crippen molar-refractivity contribution in [3.63, 3.8) is 0 Å². The normalized spacial score (nSPS) is 20.5. The number of thiophene rings is 1. The van der Waals surface area contributed by atoms with E-state index in [-0.39, 0.29) is 15.8 Å². The standard InChI is InChI=1S/C11H11ClF3NO5S2/c1-20-10(17)9-6(4-8(12)22-9)23(18,19)16-2-3-21-7(5-16)11(13,14)15/h4,7H,2-3,5H2,1H3/t7-/m1/s1. The minimum Gasteiger partial charge on any atom is -0.465 e. The van der Waals surface area contributed by atoms with E-state index in [9.17, 15) is 26.4 Å². The van der Waals surface area contributed by atoms with Crippen LogP contribution in [-0.2, 0) is 19.5 Å². The van der Waals surface area contributed by atoms with E-state index in [2.05, 4.69) is 9.47 Å². The van der Waals surface area contributed by atoms with Gasteiger partial charge in [0, 0.05) is 13.1 Å². The first kappa shape index (κ1) is 18.5. The summed E-state index contributed by atoms with van der Waals surface area (Å²) in [7, 11) is -3.29. The molecule has 0 unspecified atom stereocenters. The minimum absolute atomic E-state index is 0.00426. The number of rotatable bonds is 3. The van der Waals surface area contributed by atoms with E-state index in [1.165, 1.54) is 0 Å². The fourth-order valence-electron chi connectivity index (χ4n) is 1.95. The predicted molar refractivity (Wildman–Crippen MR) is 75.2 cm³/mol. The third-order valence-electron chi connectivity index (χ3n) is 3.05. The molecule has 12 heteroatoms. The van der Waals surface area contributed by atoms with Gasteiger partial charge in [-0.2, -0.15) is 17.5 Å². The van der Waals surface area contributed by atoms with Crippen LogP contribution >= 0.6 is 22.9 Å². The maximum absolute atomic E-state index is 12.7. The van der Waals surface area contributed by atoms with Crippen LogP contribution in [0.15, 0.2) is 11.0 Å². The molecule has 0 aromatic carbocycles. The van der Waals surface area contributed by atoms with Crippen LogP contribution in [0.5, 0.6) is 0 Å². The predicted octanol–water partition coefficient (Wildman–Crippen LogP) is 2.14. The number of sulfonamides is 1. The number of ether oxygens (including phenoxy) is 2. The second-order valence-electron chi connectivity index (χ2n) is 4.50. The quantitative estimate of drug-likeness (QED) is 0.736. The number of halogens is 4. The van der Waals surface area contributed by atoms with E-state index >= 15 is 0 Å². The molecule has 1 aromatic rings. The Bertz CT molecular complexity index is 703. The Morgan fingerprint density at radius 2 is 2.17 bits per heavy atom. The second kappa shape index (κ2) is 6.55. The Labute approximate surface area is 138 Å². The Morgan fingerprint density at radius 3 is 2.74 bits per heavy atom. The van der Waals surface area contributed by atoms with Crippen molar-refractivity contribution >= 4 is 38.9 Å². The number of hydrogen-bond donors (Lipinski definition) is 0. The van der Waals surface area contributed by atoms with Gasteiger partial charge >= 0.3 is 12.1 Å². The Morgan fingerprint density at radius 1 is 1.52 bits per heavy atom. The van der Waals surface area contributed by atoms with Crippen molar-refractivity contribution in [1.82, 2.24) is 4.31 Å². The van der Waals surface area contributed by atoms with E-state index in [1.807, 2.05) is 0 Å². The van der Waals surface area contributed by atoms with Crippen molar-refractivity contribution in [3.8, 4) is 0 Å². The maximum atomic E-state index is 12.7. The highest BCUT2D eigenvalue weighted by atomic mass is 35.5. The first-order chi connectivity index (χ1) is 10.6. The number of carbonyl (C=O) groups excluding carboxylic acids is 1. The van der Waals surface area contributed by atoms with Crippen LogP contribution in [0.3, 0.4) is 0 Å². The van der Waals surface area contributed by atoms with Gasteiger partial charge in [0.15, 0.2) is 6.10 Å². The molecule has 2 rings (SSSR count). The van der Waals surface area contributed by atoms with E-state index < -0.39 is 46.3 Å². The van der Waals surface area contributed by atoms with E-state index in [1.54, 1.807) is 0 Å². The molecular formula is C11H11ClF3NO5S2. The van der Waals surface area contributed by atoms with Gasteiger partial charge in [0.05, 0.1) is 18.1 Å². The van der Waals surface area contributed by atoms with Gasteiger partial charge in [0.1, 0.15) is 9.77 Å². The third-order valence-corrected chi connectivity index (χ3v) is 6.31. The zero-order valence-corrected chi connectivity index (χ0v) is 14.0. The van der Waals surface area contributed by atoms with Gasteiger partial charge in [-0.25, -0.2) is 13.2 Å². The largest absolute Gasteiger partial charge is 0.465 e. The third kappa shape index (κ3) is 3.79. The van der Waals surface area contributed by atoms with Gasteiger partial charge in [-0.05, 0) is 6.07 Å². The summed E-state index contributed by atoms with van der Waals surface area (Å²) >= 11 is 6.41. The Hall–Kier alpha value is -0.880. The second-order valence-corrected chi connectivity index (χ2v) is 8.09. The summed E-state index contributed by atoms with van der Waals surface area (Å²) in [6.07, 6.45) is -6.91. The highest BCUT2D eigenvalue weighted by Gasteiger charge is 2.46. The molecule has 0 aliphatic carbocycles. The van der Waals surface area contributed by atoms with Crippen molar-refractivity contribution < 1.29 is 35.9 Å². The van der Waals surface area contributed by atoms with Crippen molar-refractivity contribution in [3.05, 3.63) is 15.3 Å². The number of alkyl halides is 3. The molecule has 0 radical (unpaired) electrons. The van der Waals surface area contributed by atoms with Gasteiger partial charge in [-0.1, -0.05) is 11.6 Å². The summed E-state index contributed by atoms with van der Waals surface area (Å²) in [4.78, 5) is 10.9. The van der Waals surface area contributed by atoms with Crippen molar-refractivity contribution in [2.45, 2.75) is 17.2 Å². The van der Waals surface area contributed by atoms with Crippen LogP contribution in [0, 0.1) is 0 Å². The van der Waals surface area contributed by atoms with Crippen LogP contribution in [0.2, 0.25) is 4.34 Å². The number of morpholine rings is 1. The zero-order valence-electron chi connectivity index (χ0n) is 11.6. The fraction of sp³-hybridized carbons (Fsp3) is 0.545. The summed E-state index contributed by atoms with van der Waals surface area (Å²) in [5.41, 5.74) is 0. The minimum atomic E-state index is -4.69. The zero-order chi connectivity index (χ0) is 17.4. The number of esters is 1. The van der Waals surface area contributed by atoms with Crippen LogP contribution in [0.4, 0.5) is 13.2 Å². The average molecular weight is 394 g/mol. The first-order valence-electron chi connectivity index (χ1n) is 6.13. The van der Waals surface area contributed by atoms with Gasteiger partial charge in [0.2, 0.25) is 10.0 Å². The molecule has 0 bridgehead atoms. The van der Waals surface area contributed by atoms with E-state index in [4.69, 9.17) is 11.6 Å².